The van der Waals surface area contributed by atoms with Crippen LogP contribution in [0.15, 0.2) is 45.5 Å². The first kappa shape index (κ1) is 15.6. The molecule has 1 amide bonds. The van der Waals surface area contributed by atoms with E-state index in [2.05, 4.69) is 35.1 Å². The highest BCUT2D eigenvalue weighted by atomic mass is 79.9. The molecule has 2 rings (SSSR count). The van der Waals surface area contributed by atoms with E-state index in [4.69, 9.17) is 9.15 Å². The van der Waals surface area contributed by atoms with E-state index in [9.17, 15) is 4.79 Å². The minimum absolute atomic E-state index is 0.263. The number of nitrogens with one attached hydrogen (secondary N) is 1. The van der Waals surface area contributed by atoms with Crippen molar-refractivity contribution in [2.24, 2.45) is 5.92 Å². The minimum atomic E-state index is -0.283. The van der Waals surface area contributed by atoms with E-state index in [0.29, 0.717) is 22.9 Å². The Hall–Kier alpha value is -1.75. The van der Waals surface area contributed by atoms with E-state index < -0.39 is 0 Å². The van der Waals surface area contributed by atoms with Gasteiger partial charge in [-0.1, -0.05) is 13.8 Å². The van der Waals surface area contributed by atoms with Crippen molar-refractivity contribution in [1.82, 2.24) is 0 Å². The van der Waals surface area contributed by atoms with Gasteiger partial charge in [0.05, 0.1) is 6.61 Å². The SMILES string of the molecule is CC(C)CCOc1ccc(NC(=O)c2ccc(Br)o2)cc1. The highest BCUT2D eigenvalue weighted by Crippen LogP contribution is 2.19. The summed E-state index contributed by atoms with van der Waals surface area (Å²) in [5, 5.41) is 2.76. The molecule has 0 aliphatic rings. The second-order valence-corrected chi connectivity index (χ2v) is 5.89. The molecule has 0 bridgehead atoms. The molecule has 1 aromatic heterocycles. The third-order valence-corrected chi connectivity index (χ3v) is 3.30. The normalized spacial score (nSPS) is 10.7. The van der Waals surface area contributed by atoms with Gasteiger partial charge < -0.3 is 14.5 Å². The van der Waals surface area contributed by atoms with Crippen LogP contribution in [0.25, 0.3) is 0 Å². The maximum Gasteiger partial charge on any atom is 0.291 e. The lowest BCUT2D eigenvalue weighted by atomic mass is 10.1. The molecule has 0 fully saturated rings. The maximum absolute atomic E-state index is 11.9. The molecular weight excluding hydrogens is 334 g/mol. The molecule has 1 heterocycles. The van der Waals surface area contributed by atoms with Crippen molar-refractivity contribution in [3.8, 4) is 5.75 Å². The van der Waals surface area contributed by atoms with Crippen LogP contribution in [0.5, 0.6) is 5.75 Å². The molecule has 112 valence electrons. The number of carbonyl (C=O) groups is 1. The standard InChI is InChI=1S/C16H18BrNO3/c1-11(2)9-10-20-13-5-3-12(4-6-13)18-16(19)14-7-8-15(17)21-14/h3-8,11H,9-10H2,1-2H3,(H,18,19). The highest BCUT2D eigenvalue weighted by molar-refractivity contribution is 9.10. The Morgan fingerprint density at radius 1 is 1.24 bits per heavy atom. The van der Waals surface area contributed by atoms with Crippen LogP contribution in [0.4, 0.5) is 5.69 Å². The summed E-state index contributed by atoms with van der Waals surface area (Å²) in [6.45, 7) is 5.02. The van der Waals surface area contributed by atoms with Gasteiger partial charge in [0, 0.05) is 5.69 Å². The van der Waals surface area contributed by atoms with E-state index in [1.807, 2.05) is 12.1 Å². The Bertz CT molecular complexity index is 590. The fourth-order valence-corrected chi connectivity index (χ4v) is 1.98. The fourth-order valence-electron chi connectivity index (χ4n) is 1.68. The van der Waals surface area contributed by atoms with E-state index in [0.717, 1.165) is 12.2 Å². The topological polar surface area (TPSA) is 51.5 Å². The van der Waals surface area contributed by atoms with Crippen LogP contribution >= 0.6 is 15.9 Å². The largest absolute Gasteiger partial charge is 0.494 e. The lowest BCUT2D eigenvalue weighted by Crippen LogP contribution is -2.10. The van der Waals surface area contributed by atoms with E-state index >= 15 is 0 Å². The first-order valence-corrected chi connectivity index (χ1v) is 7.63. The summed E-state index contributed by atoms with van der Waals surface area (Å²) in [7, 11) is 0. The summed E-state index contributed by atoms with van der Waals surface area (Å²) < 4.78 is 11.4. The van der Waals surface area contributed by atoms with Crippen LogP contribution in [-0.4, -0.2) is 12.5 Å². The predicted molar refractivity (Wildman–Crippen MR) is 85.8 cm³/mol. The summed E-state index contributed by atoms with van der Waals surface area (Å²) in [4.78, 5) is 11.9. The Morgan fingerprint density at radius 2 is 1.95 bits per heavy atom. The van der Waals surface area contributed by atoms with Gasteiger partial charge in [0.1, 0.15) is 5.75 Å². The first-order valence-electron chi connectivity index (χ1n) is 6.84. The quantitative estimate of drug-likeness (QED) is 0.818. The summed E-state index contributed by atoms with van der Waals surface area (Å²) in [5.74, 6) is 1.40. The van der Waals surface area contributed by atoms with Gasteiger partial charge in [-0.25, -0.2) is 0 Å². The smallest absolute Gasteiger partial charge is 0.291 e. The van der Waals surface area contributed by atoms with E-state index in [-0.39, 0.29) is 11.7 Å². The van der Waals surface area contributed by atoms with Gasteiger partial charge in [-0.05, 0) is 64.7 Å². The van der Waals surface area contributed by atoms with Gasteiger partial charge in [0.2, 0.25) is 0 Å². The van der Waals surface area contributed by atoms with Crippen molar-refractivity contribution >= 4 is 27.5 Å². The number of amides is 1. The Balaban J connectivity index is 1.88. The second-order valence-electron chi connectivity index (χ2n) is 5.11. The zero-order chi connectivity index (χ0) is 15.2. The molecule has 1 N–H and O–H groups in total. The molecule has 0 aliphatic carbocycles. The van der Waals surface area contributed by atoms with Crippen molar-refractivity contribution in [3.63, 3.8) is 0 Å². The van der Waals surface area contributed by atoms with Crippen molar-refractivity contribution in [1.29, 1.82) is 0 Å². The Kier molecular flexibility index (Phi) is 5.44. The molecule has 0 radical (unpaired) electrons. The lowest BCUT2D eigenvalue weighted by molar-refractivity contribution is 0.0995. The molecule has 5 heteroatoms. The van der Waals surface area contributed by atoms with Crippen LogP contribution in [0, 0.1) is 5.92 Å². The number of hydrogen-bond donors (Lipinski definition) is 1. The van der Waals surface area contributed by atoms with Gasteiger partial charge in [-0.3, -0.25) is 4.79 Å². The molecule has 21 heavy (non-hydrogen) atoms. The molecule has 2 aromatic rings. The van der Waals surface area contributed by atoms with Gasteiger partial charge in [0.25, 0.3) is 5.91 Å². The van der Waals surface area contributed by atoms with E-state index in [1.54, 1.807) is 24.3 Å². The summed E-state index contributed by atoms with van der Waals surface area (Å²) >= 11 is 3.17. The van der Waals surface area contributed by atoms with Gasteiger partial charge in [-0.15, -0.1) is 0 Å². The third-order valence-electron chi connectivity index (χ3n) is 2.87. The van der Waals surface area contributed by atoms with Crippen molar-refractivity contribution in [2.75, 3.05) is 11.9 Å². The van der Waals surface area contributed by atoms with Crippen LogP contribution in [0.1, 0.15) is 30.8 Å². The number of ether oxygens (including phenoxy) is 1. The zero-order valence-corrected chi connectivity index (χ0v) is 13.6. The molecular formula is C16H18BrNO3. The van der Waals surface area contributed by atoms with Crippen molar-refractivity contribution < 1.29 is 13.9 Å². The number of benzene rings is 1. The van der Waals surface area contributed by atoms with Crippen molar-refractivity contribution in [2.45, 2.75) is 20.3 Å². The average Bonchev–Trinajstić information content (AvgIpc) is 2.87. The molecule has 0 saturated carbocycles. The maximum atomic E-state index is 11.9. The molecule has 0 saturated heterocycles. The van der Waals surface area contributed by atoms with Crippen LogP contribution in [-0.2, 0) is 0 Å². The predicted octanol–water partition coefficient (Wildman–Crippen LogP) is 4.72. The Labute approximate surface area is 132 Å². The number of halogens is 1. The second kappa shape index (κ2) is 7.31. The summed E-state index contributed by atoms with van der Waals surface area (Å²) in [5.41, 5.74) is 0.698. The molecule has 0 spiro atoms. The molecule has 0 atom stereocenters. The number of carbonyl (C=O) groups excluding carboxylic acids is 1. The molecule has 0 unspecified atom stereocenters. The van der Waals surface area contributed by atoms with Gasteiger partial charge in [-0.2, -0.15) is 0 Å². The van der Waals surface area contributed by atoms with Crippen molar-refractivity contribution in [3.05, 3.63) is 46.8 Å². The molecule has 1 aromatic carbocycles. The van der Waals surface area contributed by atoms with Crippen LogP contribution in [0.2, 0.25) is 0 Å². The summed E-state index contributed by atoms with van der Waals surface area (Å²) in [6.07, 6.45) is 1.02. The molecule has 4 nitrogen and oxygen atoms in total. The lowest BCUT2D eigenvalue weighted by Gasteiger charge is -2.09. The molecule has 0 aliphatic heterocycles. The third kappa shape index (κ3) is 4.93. The first-order chi connectivity index (χ1) is 10.0. The Morgan fingerprint density at radius 3 is 2.52 bits per heavy atom. The van der Waals surface area contributed by atoms with Crippen LogP contribution in [0.3, 0.4) is 0 Å². The zero-order valence-electron chi connectivity index (χ0n) is 12.1. The highest BCUT2D eigenvalue weighted by Gasteiger charge is 2.10. The van der Waals surface area contributed by atoms with Gasteiger partial charge >= 0.3 is 0 Å². The monoisotopic (exact) mass is 351 g/mol. The summed E-state index contributed by atoms with van der Waals surface area (Å²) in [6, 6.07) is 10.6. The van der Waals surface area contributed by atoms with E-state index in [1.165, 1.54) is 0 Å². The minimum Gasteiger partial charge on any atom is -0.494 e. The number of hydrogen-bond acceptors (Lipinski definition) is 3. The van der Waals surface area contributed by atoms with Crippen LogP contribution < -0.4 is 10.1 Å². The number of rotatable bonds is 6. The number of furan rings is 1. The van der Waals surface area contributed by atoms with Gasteiger partial charge in [0.15, 0.2) is 10.4 Å². The average molecular weight is 352 g/mol. The number of anilines is 1. The fraction of sp³-hybridized carbons (Fsp3) is 0.312.